The summed E-state index contributed by atoms with van der Waals surface area (Å²) in [5.74, 6) is 0.830. The lowest BCUT2D eigenvalue weighted by Crippen LogP contribution is -2.26. The number of imidazole rings is 1. The monoisotopic (exact) mass is 559 g/mol. The van der Waals surface area contributed by atoms with E-state index < -0.39 is 0 Å². The van der Waals surface area contributed by atoms with Crippen LogP contribution in [0, 0.1) is 11.3 Å². The van der Waals surface area contributed by atoms with Gasteiger partial charge in [0.25, 0.3) is 0 Å². The maximum absolute atomic E-state index is 9.95. The van der Waals surface area contributed by atoms with Crippen molar-refractivity contribution < 1.29 is 4.74 Å². The first-order valence-electron chi connectivity index (χ1n) is 13.3. The first-order valence-corrected chi connectivity index (χ1v) is 14.5. The third-order valence-electron chi connectivity index (χ3n) is 7.30. The number of nitrogens with one attached hydrogen (secondary N) is 1. The van der Waals surface area contributed by atoms with Gasteiger partial charge in [0.15, 0.2) is 5.16 Å². The zero-order valence-corrected chi connectivity index (χ0v) is 23.4. The molecule has 0 saturated carbocycles. The summed E-state index contributed by atoms with van der Waals surface area (Å²) >= 11 is 8.18. The molecule has 0 atom stereocenters. The summed E-state index contributed by atoms with van der Waals surface area (Å²) in [5, 5.41) is 15.7. The minimum Gasteiger partial charge on any atom is -0.476 e. The first kappa shape index (κ1) is 25.8. The van der Waals surface area contributed by atoms with Crippen LogP contribution in [-0.4, -0.2) is 52.3 Å². The molecule has 2 saturated heterocycles. The summed E-state index contributed by atoms with van der Waals surface area (Å²) in [6, 6.07) is 12.3. The molecule has 0 radical (unpaired) electrons. The molecule has 2 aliphatic rings. The highest BCUT2D eigenvalue weighted by Crippen LogP contribution is 2.40. The predicted molar refractivity (Wildman–Crippen MR) is 156 cm³/mol. The van der Waals surface area contributed by atoms with Gasteiger partial charge in [0.05, 0.1) is 27.5 Å². The quantitative estimate of drug-likeness (QED) is 0.265. The highest BCUT2D eigenvalue weighted by molar-refractivity contribution is 7.99. The fourth-order valence-corrected chi connectivity index (χ4v) is 6.28. The zero-order chi connectivity index (χ0) is 26.8. The molecule has 0 bridgehead atoms. The highest BCUT2D eigenvalue weighted by atomic mass is 35.5. The van der Waals surface area contributed by atoms with E-state index in [0.29, 0.717) is 23.0 Å². The number of fused-ring (bicyclic) bond motifs is 1. The molecule has 0 aliphatic carbocycles. The van der Waals surface area contributed by atoms with Gasteiger partial charge in [-0.2, -0.15) is 5.26 Å². The Labute approximate surface area is 237 Å². The molecular weight excluding hydrogens is 530 g/mol. The van der Waals surface area contributed by atoms with Crippen molar-refractivity contribution in [2.24, 2.45) is 7.05 Å². The Morgan fingerprint density at radius 1 is 1.08 bits per heavy atom. The molecular formula is C29H30ClN7OS. The average Bonchev–Trinajstić information content (AvgIpc) is 3.73. The maximum atomic E-state index is 9.95. The normalized spacial score (nSPS) is 15.7. The Hall–Kier alpha value is -3.45. The van der Waals surface area contributed by atoms with Crippen molar-refractivity contribution in [3.05, 3.63) is 59.5 Å². The van der Waals surface area contributed by atoms with Crippen LogP contribution < -0.4 is 15.0 Å². The third-order valence-corrected chi connectivity index (χ3v) is 8.87. The van der Waals surface area contributed by atoms with Crippen molar-refractivity contribution in [3.63, 3.8) is 0 Å². The number of benzene rings is 2. The third kappa shape index (κ3) is 5.50. The summed E-state index contributed by atoms with van der Waals surface area (Å²) in [6.07, 6.45) is 10.1. The summed E-state index contributed by atoms with van der Waals surface area (Å²) in [7, 11) is 1.95. The van der Waals surface area contributed by atoms with E-state index in [1.807, 2.05) is 42.1 Å². The van der Waals surface area contributed by atoms with E-state index in [0.717, 1.165) is 64.3 Å². The smallest absolute Gasteiger partial charge is 0.172 e. The van der Waals surface area contributed by atoms with E-state index in [1.54, 1.807) is 12.4 Å². The lowest BCUT2D eigenvalue weighted by atomic mass is 10.1. The molecule has 4 aromatic rings. The van der Waals surface area contributed by atoms with Gasteiger partial charge in [-0.15, -0.1) is 0 Å². The fraction of sp³-hybridized carbons (Fsp3) is 0.345. The van der Waals surface area contributed by atoms with E-state index >= 15 is 0 Å². The van der Waals surface area contributed by atoms with E-state index in [4.69, 9.17) is 16.3 Å². The van der Waals surface area contributed by atoms with Crippen LogP contribution in [0.1, 0.15) is 31.2 Å². The van der Waals surface area contributed by atoms with Gasteiger partial charge in [-0.3, -0.25) is 9.88 Å². The number of hydrogen-bond acceptors (Lipinski definition) is 8. The van der Waals surface area contributed by atoms with Gasteiger partial charge in [0, 0.05) is 67.8 Å². The van der Waals surface area contributed by atoms with Crippen molar-refractivity contribution in [2.75, 3.05) is 43.1 Å². The summed E-state index contributed by atoms with van der Waals surface area (Å²) < 4.78 is 8.38. The molecule has 0 spiro atoms. The number of likely N-dealkylation sites (tertiary alicyclic amines) is 1. The molecule has 10 heteroatoms. The number of ether oxygens (including phenoxy) is 1. The van der Waals surface area contributed by atoms with Crippen LogP contribution in [0.5, 0.6) is 5.75 Å². The van der Waals surface area contributed by atoms with Crippen LogP contribution in [-0.2, 0) is 7.05 Å². The largest absolute Gasteiger partial charge is 0.476 e. The van der Waals surface area contributed by atoms with Gasteiger partial charge >= 0.3 is 0 Å². The van der Waals surface area contributed by atoms with Gasteiger partial charge in [0.1, 0.15) is 18.5 Å². The van der Waals surface area contributed by atoms with Gasteiger partial charge in [-0.05, 0) is 56.0 Å². The van der Waals surface area contributed by atoms with Gasteiger partial charge in [0.2, 0.25) is 0 Å². The Morgan fingerprint density at radius 3 is 2.59 bits per heavy atom. The first-order chi connectivity index (χ1) is 19.1. The zero-order valence-electron chi connectivity index (χ0n) is 21.9. The number of nitriles is 1. The lowest BCUT2D eigenvalue weighted by molar-refractivity contribution is 0.152. The highest BCUT2D eigenvalue weighted by Gasteiger charge is 2.21. The fourth-order valence-electron chi connectivity index (χ4n) is 5.18. The van der Waals surface area contributed by atoms with Crippen LogP contribution >= 0.6 is 23.4 Å². The van der Waals surface area contributed by atoms with Gasteiger partial charge in [-0.25, -0.2) is 4.98 Å². The topological polar surface area (TPSA) is 82.2 Å². The average molecular weight is 560 g/mol. The summed E-state index contributed by atoms with van der Waals surface area (Å²) in [4.78, 5) is 14.7. The Bertz CT molecular complexity index is 1540. The Kier molecular flexibility index (Phi) is 7.51. The molecule has 200 valence electrons. The number of aryl methyl sites for hydroxylation is 1. The number of rotatable bonds is 8. The van der Waals surface area contributed by atoms with E-state index in [9.17, 15) is 5.26 Å². The SMILES string of the molecule is Cn1ccnc1Sc1ccc(Nc2c(C#N)cnc3cc(N4CCCC4)c(OCN4CCCC4)cc23)cc1Cl. The number of anilines is 3. The lowest BCUT2D eigenvalue weighted by Gasteiger charge is -2.24. The predicted octanol–water partition coefficient (Wildman–Crippen LogP) is 6.42. The van der Waals surface area contributed by atoms with Crippen molar-refractivity contribution >= 4 is 51.3 Å². The molecule has 1 N–H and O–H groups in total. The van der Waals surface area contributed by atoms with Crippen molar-refractivity contribution in [2.45, 2.75) is 35.7 Å². The molecule has 2 aromatic heterocycles. The van der Waals surface area contributed by atoms with E-state index in [-0.39, 0.29) is 0 Å². The van der Waals surface area contributed by atoms with Gasteiger partial charge < -0.3 is 19.5 Å². The van der Waals surface area contributed by atoms with E-state index in [1.165, 1.54) is 37.4 Å². The molecule has 8 nitrogen and oxygen atoms in total. The Balaban J connectivity index is 1.35. The second-order valence-corrected chi connectivity index (χ2v) is 11.4. The van der Waals surface area contributed by atoms with Crippen LogP contribution in [0.3, 0.4) is 0 Å². The van der Waals surface area contributed by atoms with Crippen LogP contribution in [0.2, 0.25) is 5.02 Å². The standard InChI is InChI=1S/C29H30ClN7OS/c1-35-13-8-32-29(35)39-27-7-6-21(14-23(27)30)34-28-20(17-31)18-33-24-16-25(37-11-4-5-12-37)26(15-22(24)28)38-19-36-9-2-3-10-36/h6-8,13-16,18H,2-5,9-12,19H2,1H3,(H,33,34). The second-order valence-electron chi connectivity index (χ2n) is 9.98. The van der Waals surface area contributed by atoms with Crippen LogP contribution in [0.25, 0.3) is 10.9 Å². The molecule has 4 heterocycles. The van der Waals surface area contributed by atoms with Crippen molar-refractivity contribution in [1.29, 1.82) is 5.26 Å². The number of halogens is 1. The number of aromatic nitrogens is 3. The van der Waals surface area contributed by atoms with Crippen molar-refractivity contribution in [1.82, 2.24) is 19.4 Å². The number of nitrogens with zero attached hydrogens (tertiary/aromatic N) is 6. The molecule has 0 unspecified atom stereocenters. The molecule has 39 heavy (non-hydrogen) atoms. The molecule has 2 aromatic carbocycles. The minimum absolute atomic E-state index is 0.462. The minimum atomic E-state index is 0.462. The van der Waals surface area contributed by atoms with Crippen molar-refractivity contribution in [3.8, 4) is 11.8 Å². The Morgan fingerprint density at radius 2 is 1.87 bits per heavy atom. The number of hydrogen-bond donors (Lipinski definition) is 1. The molecule has 6 rings (SSSR count). The second kappa shape index (κ2) is 11.3. The van der Waals surface area contributed by atoms with Gasteiger partial charge in [-0.1, -0.05) is 23.4 Å². The molecule has 2 fully saturated rings. The maximum Gasteiger partial charge on any atom is 0.172 e. The summed E-state index contributed by atoms with van der Waals surface area (Å²) in [5.41, 5.74) is 3.84. The molecule has 2 aliphatic heterocycles. The van der Waals surface area contributed by atoms with E-state index in [2.05, 4.69) is 37.2 Å². The van der Waals surface area contributed by atoms with Crippen LogP contribution in [0.15, 0.2) is 59.0 Å². The summed E-state index contributed by atoms with van der Waals surface area (Å²) in [6.45, 7) is 4.71. The van der Waals surface area contributed by atoms with Crippen LogP contribution in [0.4, 0.5) is 17.1 Å². The number of pyridine rings is 1. The molecule has 0 amide bonds.